The molecule has 0 amide bonds. The molecule has 0 fully saturated rings. The molecule has 3 aromatic rings. The standard InChI is InChI=1S/C22H21N3O6S/c1-3-28-22(27)19-12(2)18-20(23)24-16(25-21(18)32-19)11-31-17(26)7-5-13-4-6-14-15(10-13)30-9-8-29-14/h4-7,10H,3,8-9,11H2,1-2H3,(H2,23,24,25)/b7-5+. The molecule has 4 rings (SSSR count). The van der Waals surface area contributed by atoms with E-state index in [1.165, 1.54) is 17.4 Å². The van der Waals surface area contributed by atoms with Crippen molar-refractivity contribution in [1.82, 2.24) is 9.97 Å². The number of nitrogens with zero attached hydrogens (tertiary/aromatic N) is 2. The number of fused-ring (bicyclic) bond motifs is 2. The smallest absolute Gasteiger partial charge is 0.348 e. The number of aryl methyl sites for hydroxylation is 1. The molecule has 0 atom stereocenters. The summed E-state index contributed by atoms with van der Waals surface area (Å²) < 4.78 is 21.3. The highest BCUT2D eigenvalue weighted by molar-refractivity contribution is 7.20. The van der Waals surface area contributed by atoms with Crippen LogP contribution in [0.15, 0.2) is 24.3 Å². The van der Waals surface area contributed by atoms with Crippen molar-refractivity contribution in [2.75, 3.05) is 25.6 Å². The molecule has 32 heavy (non-hydrogen) atoms. The molecule has 1 aliphatic heterocycles. The molecule has 0 aliphatic carbocycles. The number of esters is 2. The highest BCUT2D eigenvalue weighted by Gasteiger charge is 2.20. The van der Waals surface area contributed by atoms with Crippen molar-refractivity contribution in [2.24, 2.45) is 0 Å². The zero-order valence-electron chi connectivity index (χ0n) is 17.5. The molecule has 0 unspecified atom stereocenters. The van der Waals surface area contributed by atoms with E-state index in [1.807, 2.05) is 6.07 Å². The van der Waals surface area contributed by atoms with Crippen molar-refractivity contribution in [2.45, 2.75) is 20.5 Å². The van der Waals surface area contributed by atoms with Gasteiger partial charge in [0.2, 0.25) is 0 Å². The first-order chi connectivity index (χ1) is 15.5. The van der Waals surface area contributed by atoms with Crippen LogP contribution in [0.2, 0.25) is 0 Å². The Kier molecular flexibility index (Phi) is 6.22. The number of carbonyl (C=O) groups excluding carboxylic acids is 2. The third-order valence-electron chi connectivity index (χ3n) is 4.65. The Hall–Kier alpha value is -3.66. The van der Waals surface area contributed by atoms with Crippen LogP contribution >= 0.6 is 11.3 Å². The summed E-state index contributed by atoms with van der Waals surface area (Å²) in [6.45, 7) is 4.63. The van der Waals surface area contributed by atoms with Gasteiger partial charge in [-0.1, -0.05) is 6.07 Å². The number of rotatable bonds is 6. The van der Waals surface area contributed by atoms with Gasteiger partial charge in [-0.25, -0.2) is 19.6 Å². The molecule has 3 heterocycles. The van der Waals surface area contributed by atoms with Gasteiger partial charge in [-0.15, -0.1) is 11.3 Å². The lowest BCUT2D eigenvalue weighted by molar-refractivity contribution is -0.139. The SMILES string of the molecule is CCOC(=O)c1sc2nc(COC(=O)/C=C/c3ccc4c(c3)OCCO4)nc(N)c2c1C. The normalized spacial score (nSPS) is 12.8. The maximum atomic E-state index is 12.1. The third kappa shape index (κ3) is 4.50. The monoisotopic (exact) mass is 455 g/mol. The Bertz CT molecular complexity index is 1220. The summed E-state index contributed by atoms with van der Waals surface area (Å²) in [4.78, 5) is 33.8. The molecule has 0 saturated carbocycles. The van der Waals surface area contributed by atoms with Crippen LogP contribution in [-0.2, 0) is 20.9 Å². The van der Waals surface area contributed by atoms with Crippen LogP contribution in [0.5, 0.6) is 11.5 Å². The third-order valence-corrected chi connectivity index (χ3v) is 5.81. The first-order valence-electron chi connectivity index (χ1n) is 9.93. The predicted octanol–water partition coefficient (Wildman–Crippen LogP) is 3.29. The Morgan fingerprint density at radius 3 is 2.75 bits per heavy atom. The predicted molar refractivity (Wildman–Crippen MR) is 119 cm³/mol. The van der Waals surface area contributed by atoms with Crippen molar-refractivity contribution in [1.29, 1.82) is 0 Å². The molecule has 9 nitrogen and oxygen atoms in total. The van der Waals surface area contributed by atoms with Crippen LogP contribution < -0.4 is 15.2 Å². The number of benzene rings is 1. The van der Waals surface area contributed by atoms with Gasteiger partial charge >= 0.3 is 11.9 Å². The summed E-state index contributed by atoms with van der Waals surface area (Å²) in [5, 5.41) is 0.603. The zero-order valence-corrected chi connectivity index (χ0v) is 18.4. The first kappa shape index (κ1) is 21.6. The Morgan fingerprint density at radius 1 is 1.19 bits per heavy atom. The van der Waals surface area contributed by atoms with E-state index < -0.39 is 11.9 Å². The molecule has 10 heteroatoms. The molecule has 0 bridgehead atoms. The van der Waals surface area contributed by atoms with Gasteiger partial charge in [0, 0.05) is 6.08 Å². The molecule has 2 N–H and O–H groups in total. The molecule has 0 saturated heterocycles. The average Bonchev–Trinajstić information content (AvgIpc) is 3.13. The zero-order chi connectivity index (χ0) is 22.7. The number of carbonyl (C=O) groups is 2. The minimum Gasteiger partial charge on any atom is -0.486 e. The Labute approximate surface area is 187 Å². The van der Waals surface area contributed by atoms with Crippen LogP contribution in [-0.4, -0.2) is 41.7 Å². The largest absolute Gasteiger partial charge is 0.486 e. The van der Waals surface area contributed by atoms with E-state index in [4.69, 9.17) is 24.7 Å². The summed E-state index contributed by atoms with van der Waals surface area (Å²) in [6, 6.07) is 5.39. The van der Waals surface area contributed by atoms with Crippen LogP contribution in [0.4, 0.5) is 5.82 Å². The van der Waals surface area contributed by atoms with E-state index in [0.717, 1.165) is 5.56 Å². The Balaban J connectivity index is 1.44. The second-order valence-corrected chi connectivity index (χ2v) is 7.83. The van der Waals surface area contributed by atoms with E-state index in [2.05, 4.69) is 9.97 Å². The quantitative estimate of drug-likeness (QED) is 0.440. The first-order valence-corrected chi connectivity index (χ1v) is 10.7. The van der Waals surface area contributed by atoms with Crippen molar-refractivity contribution < 1.29 is 28.5 Å². The number of nitrogens with two attached hydrogens (primary N) is 1. The van der Waals surface area contributed by atoms with Gasteiger partial charge in [-0.05, 0) is 43.2 Å². The molecule has 1 aliphatic rings. The lowest BCUT2D eigenvalue weighted by Crippen LogP contribution is -2.15. The summed E-state index contributed by atoms with van der Waals surface area (Å²) in [5.74, 6) is 0.791. The fourth-order valence-corrected chi connectivity index (χ4v) is 4.28. The highest BCUT2D eigenvalue weighted by Crippen LogP contribution is 2.33. The average molecular weight is 455 g/mol. The van der Waals surface area contributed by atoms with E-state index in [9.17, 15) is 9.59 Å². The molecule has 166 valence electrons. The minimum atomic E-state index is -0.559. The van der Waals surface area contributed by atoms with Gasteiger partial charge in [0.1, 0.15) is 28.7 Å². The minimum absolute atomic E-state index is 0.157. The van der Waals surface area contributed by atoms with E-state index >= 15 is 0 Å². The number of hydrogen-bond donors (Lipinski definition) is 1. The van der Waals surface area contributed by atoms with E-state index in [-0.39, 0.29) is 24.9 Å². The van der Waals surface area contributed by atoms with Crippen molar-refractivity contribution in [3.8, 4) is 11.5 Å². The van der Waals surface area contributed by atoms with E-state index in [1.54, 1.807) is 32.1 Å². The fraction of sp³-hybridized carbons (Fsp3) is 0.273. The molecule has 2 aromatic heterocycles. The molecule has 0 radical (unpaired) electrons. The number of anilines is 1. The van der Waals surface area contributed by atoms with Gasteiger partial charge in [-0.3, -0.25) is 0 Å². The number of hydrogen-bond acceptors (Lipinski definition) is 10. The van der Waals surface area contributed by atoms with Crippen LogP contribution in [0.1, 0.15) is 33.5 Å². The topological polar surface area (TPSA) is 123 Å². The van der Waals surface area contributed by atoms with Gasteiger partial charge in [0.15, 0.2) is 23.9 Å². The van der Waals surface area contributed by atoms with Gasteiger partial charge in [0.05, 0.1) is 12.0 Å². The van der Waals surface area contributed by atoms with Crippen molar-refractivity contribution >= 4 is 45.4 Å². The number of ether oxygens (including phenoxy) is 4. The van der Waals surface area contributed by atoms with Crippen molar-refractivity contribution in [3.05, 3.63) is 46.1 Å². The van der Waals surface area contributed by atoms with Gasteiger partial charge in [-0.2, -0.15) is 0 Å². The summed E-state index contributed by atoms with van der Waals surface area (Å²) in [5.41, 5.74) is 7.51. The molecule has 1 aromatic carbocycles. The molecular weight excluding hydrogens is 434 g/mol. The second-order valence-electron chi connectivity index (χ2n) is 6.83. The fourth-order valence-electron chi connectivity index (χ4n) is 3.18. The Morgan fingerprint density at radius 2 is 1.97 bits per heavy atom. The lowest BCUT2D eigenvalue weighted by atomic mass is 10.2. The highest BCUT2D eigenvalue weighted by atomic mass is 32.1. The number of aromatic nitrogens is 2. The molecule has 0 spiro atoms. The summed E-state index contributed by atoms with van der Waals surface area (Å²) >= 11 is 1.17. The number of thiophene rings is 1. The van der Waals surface area contributed by atoms with Crippen LogP contribution in [0, 0.1) is 6.92 Å². The molecular formula is C22H21N3O6S. The second kappa shape index (κ2) is 9.23. The van der Waals surface area contributed by atoms with Crippen LogP contribution in [0.3, 0.4) is 0 Å². The summed E-state index contributed by atoms with van der Waals surface area (Å²) in [6.07, 6.45) is 2.93. The van der Waals surface area contributed by atoms with Gasteiger partial charge in [0.25, 0.3) is 0 Å². The van der Waals surface area contributed by atoms with E-state index in [0.29, 0.717) is 45.4 Å². The lowest BCUT2D eigenvalue weighted by Gasteiger charge is -2.18. The van der Waals surface area contributed by atoms with Crippen LogP contribution in [0.25, 0.3) is 16.3 Å². The number of nitrogen functional groups attached to an aromatic ring is 1. The van der Waals surface area contributed by atoms with Crippen molar-refractivity contribution in [3.63, 3.8) is 0 Å². The summed E-state index contributed by atoms with van der Waals surface area (Å²) in [7, 11) is 0. The maximum absolute atomic E-state index is 12.1. The maximum Gasteiger partial charge on any atom is 0.348 e. The van der Waals surface area contributed by atoms with Gasteiger partial charge < -0.3 is 24.7 Å².